The summed E-state index contributed by atoms with van der Waals surface area (Å²) < 4.78 is 110. The molecule has 22 heteroatoms. The SMILES string of the molecule is CC1(CN2CCN(C(=O)OC(C)(C)C)CC2)CCC(c2ccc(Cl)cc2)=C(CN2CCN(c3ccc(C(=O)NS(=O)(=O)c4ccc(NC(CSc5ccccc5)CC(=O)OCc5ccccc5)c(S(=O)(=O)C(F)(F)F)c4)cc3)CC2)C1. The molecule has 0 radical (unpaired) electrons. The van der Waals surface area contributed by atoms with Crippen LogP contribution in [0.3, 0.4) is 0 Å². The summed E-state index contributed by atoms with van der Waals surface area (Å²) in [6.45, 7) is 15.2. The average molecular weight is 1190 g/mol. The third-order valence-electron chi connectivity index (χ3n) is 14.4. The first-order valence-electron chi connectivity index (χ1n) is 26.7. The summed E-state index contributed by atoms with van der Waals surface area (Å²) in [7, 11) is -11.2. The number of hydrogen-bond acceptors (Lipinski definition) is 14. The number of anilines is 2. The van der Waals surface area contributed by atoms with E-state index in [2.05, 4.69) is 39.1 Å². The maximum Gasteiger partial charge on any atom is 0.501 e. The lowest BCUT2D eigenvalue weighted by Crippen LogP contribution is -2.52. The highest BCUT2D eigenvalue weighted by atomic mass is 35.5. The molecule has 3 aliphatic rings. The van der Waals surface area contributed by atoms with E-state index in [0.29, 0.717) is 42.8 Å². The molecule has 0 saturated carbocycles. The summed E-state index contributed by atoms with van der Waals surface area (Å²) >= 11 is 7.57. The van der Waals surface area contributed by atoms with Crippen molar-refractivity contribution in [3.63, 3.8) is 0 Å². The number of esters is 1. The van der Waals surface area contributed by atoms with Gasteiger partial charge < -0.3 is 24.6 Å². The van der Waals surface area contributed by atoms with Crippen LogP contribution in [0, 0.1) is 5.41 Å². The second kappa shape index (κ2) is 26.0. The van der Waals surface area contributed by atoms with Gasteiger partial charge in [0.05, 0.1) is 17.0 Å². The standard InChI is InChI=1S/C59H68ClF3N6O9S3/c1-57(2,3)78-56(72)69-33-29-67(30-34-69)41-58(4)26-25-51(43-15-19-46(60)20-16-43)45(37-58)38-66-27-31-68(32-28-66)48-21-17-44(18-22-48)55(71)65-81(75,76)50-23-24-52(53(36-50)80(73,74)59(61,62)63)64-47(40-79-49-13-9-6-10-14-49)35-54(70)77-39-42-11-7-5-8-12-42/h5-24,36,47,64H,25-35,37-41H2,1-4H3,(H,65,71). The number of sulfonamides is 1. The van der Waals surface area contributed by atoms with E-state index in [9.17, 15) is 44.4 Å². The molecule has 2 N–H and O–H groups in total. The first-order chi connectivity index (χ1) is 38.3. The maximum atomic E-state index is 14.3. The Hall–Kier alpha value is -6.10. The zero-order valence-electron chi connectivity index (χ0n) is 45.7. The van der Waals surface area contributed by atoms with Gasteiger partial charge in [-0.3, -0.25) is 19.4 Å². The molecule has 434 valence electrons. The van der Waals surface area contributed by atoms with Crippen molar-refractivity contribution in [2.45, 2.75) is 91.8 Å². The number of amides is 2. The van der Waals surface area contributed by atoms with Crippen molar-refractivity contribution in [3.8, 4) is 0 Å². The number of ether oxygens (including phenoxy) is 2. The molecule has 8 rings (SSSR count). The van der Waals surface area contributed by atoms with Crippen LogP contribution in [0.5, 0.6) is 0 Å². The molecule has 5 aromatic rings. The van der Waals surface area contributed by atoms with Crippen LogP contribution < -0.4 is 14.9 Å². The monoisotopic (exact) mass is 1190 g/mol. The normalized spacial score (nSPS) is 18.3. The van der Waals surface area contributed by atoms with E-state index >= 15 is 0 Å². The fourth-order valence-corrected chi connectivity index (χ4v) is 13.4. The number of alkyl halides is 3. The Balaban J connectivity index is 0.906. The Morgan fingerprint density at radius 1 is 0.778 bits per heavy atom. The van der Waals surface area contributed by atoms with E-state index in [1.165, 1.54) is 35.0 Å². The van der Waals surface area contributed by atoms with Crippen molar-refractivity contribution in [1.82, 2.24) is 19.4 Å². The highest BCUT2D eigenvalue weighted by Crippen LogP contribution is 2.44. The van der Waals surface area contributed by atoms with E-state index in [-0.39, 0.29) is 29.4 Å². The van der Waals surface area contributed by atoms with Crippen molar-refractivity contribution in [2.24, 2.45) is 5.41 Å². The highest BCUT2D eigenvalue weighted by molar-refractivity contribution is 7.99. The summed E-state index contributed by atoms with van der Waals surface area (Å²) in [5.74, 6) is -1.75. The first-order valence-corrected chi connectivity index (χ1v) is 31.1. The number of nitrogens with one attached hydrogen (secondary N) is 2. The third-order valence-corrected chi connectivity index (χ3v) is 18.7. The molecular formula is C59H68ClF3N6O9S3. The van der Waals surface area contributed by atoms with Gasteiger partial charge in [0.2, 0.25) is 0 Å². The fourth-order valence-electron chi connectivity index (χ4n) is 10.3. The summed E-state index contributed by atoms with van der Waals surface area (Å²) in [4.78, 5) is 46.7. The van der Waals surface area contributed by atoms with Crippen LogP contribution in [0.2, 0.25) is 5.02 Å². The second-order valence-electron chi connectivity index (χ2n) is 22.0. The average Bonchev–Trinajstić information content (AvgIpc) is 3.62. The van der Waals surface area contributed by atoms with Crippen molar-refractivity contribution in [3.05, 3.63) is 155 Å². The Labute approximate surface area is 482 Å². The molecule has 2 aliphatic heterocycles. The van der Waals surface area contributed by atoms with Crippen LogP contribution in [0.15, 0.2) is 148 Å². The van der Waals surface area contributed by atoms with Gasteiger partial charge in [-0.25, -0.2) is 26.4 Å². The topological polar surface area (TPSA) is 175 Å². The van der Waals surface area contributed by atoms with Gasteiger partial charge in [-0.15, -0.1) is 11.8 Å². The molecule has 2 atom stereocenters. The zero-order chi connectivity index (χ0) is 58.2. The third kappa shape index (κ3) is 16.6. The number of carbonyl (C=O) groups excluding carboxylic acids is 3. The number of halogens is 4. The van der Waals surface area contributed by atoms with Gasteiger partial charge in [-0.1, -0.05) is 84.8 Å². The van der Waals surface area contributed by atoms with Crippen molar-refractivity contribution >= 4 is 78.1 Å². The minimum absolute atomic E-state index is 0.0165. The number of rotatable bonds is 19. The molecule has 2 fully saturated rings. The Morgan fingerprint density at radius 3 is 2.04 bits per heavy atom. The van der Waals surface area contributed by atoms with Gasteiger partial charge in [-0.2, -0.15) is 13.2 Å². The first kappa shape index (κ1) is 61.0. The second-order valence-corrected chi connectivity index (χ2v) is 27.1. The van der Waals surface area contributed by atoms with Gasteiger partial charge in [0.25, 0.3) is 25.8 Å². The van der Waals surface area contributed by atoms with Gasteiger partial charge in [0.1, 0.15) is 17.1 Å². The smallest absolute Gasteiger partial charge is 0.461 e. The summed E-state index contributed by atoms with van der Waals surface area (Å²) in [5.41, 5.74) is -1.68. The van der Waals surface area contributed by atoms with E-state index in [1.807, 2.05) is 37.6 Å². The van der Waals surface area contributed by atoms with Crippen LogP contribution in [0.25, 0.3) is 5.57 Å². The lowest BCUT2D eigenvalue weighted by Gasteiger charge is -2.44. The number of benzene rings is 5. The molecule has 0 bridgehead atoms. The van der Waals surface area contributed by atoms with Gasteiger partial charge in [0.15, 0.2) is 0 Å². The molecule has 2 unspecified atom stereocenters. The minimum atomic E-state index is -6.21. The molecule has 2 saturated heterocycles. The molecule has 0 aromatic heterocycles. The number of hydrogen-bond donors (Lipinski definition) is 2. The number of thioether (sulfide) groups is 1. The largest absolute Gasteiger partial charge is 0.501 e. The summed E-state index contributed by atoms with van der Waals surface area (Å²) in [5, 5.41) is 3.42. The van der Waals surface area contributed by atoms with Gasteiger partial charge in [-0.05, 0) is 129 Å². The Morgan fingerprint density at radius 2 is 1.41 bits per heavy atom. The molecule has 81 heavy (non-hydrogen) atoms. The molecule has 15 nitrogen and oxygen atoms in total. The van der Waals surface area contributed by atoms with Crippen molar-refractivity contribution < 1.29 is 53.9 Å². The summed E-state index contributed by atoms with van der Waals surface area (Å²) in [6, 6.07) is 33.1. The quantitative estimate of drug-likeness (QED) is 0.0590. The van der Waals surface area contributed by atoms with Crippen LogP contribution in [0.1, 0.15) is 74.9 Å². The van der Waals surface area contributed by atoms with E-state index in [1.54, 1.807) is 77.7 Å². The predicted octanol–water partition coefficient (Wildman–Crippen LogP) is 10.8. The molecule has 2 amide bonds. The van der Waals surface area contributed by atoms with Crippen molar-refractivity contribution in [1.29, 1.82) is 0 Å². The van der Waals surface area contributed by atoms with Gasteiger partial charge >= 0.3 is 17.6 Å². The predicted molar refractivity (Wildman–Crippen MR) is 309 cm³/mol. The van der Waals surface area contributed by atoms with E-state index in [4.69, 9.17) is 21.1 Å². The molecule has 2 heterocycles. The number of allylic oxidation sites excluding steroid dienone is 1. The summed E-state index contributed by atoms with van der Waals surface area (Å²) in [6.07, 6.45) is 2.18. The number of carbonyl (C=O) groups is 3. The molecule has 1 aliphatic carbocycles. The lowest BCUT2D eigenvalue weighted by atomic mass is 9.71. The van der Waals surface area contributed by atoms with Gasteiger partial charge in [0, 0.05) is 98.4 Å². The Kier molecular flexibility index (Phi) is 19.6. The number of nitrogens with zero attached hydrogens (tertiary/aromatic N) is 4. The maximum absolute atomic E-state index is 14.3. The van der Waals surface area contributed by atoms with Crippen molar-refractivity contribution in [2.75, 3.05) is 81.4 Å². The van der Waals surface area contributed by atoms with Crippen LogP contribution in [-0.4, -0.2) is 138 Å². The van der Waals surface area contributed by atoms with E-state index in [0.717, 1.165) is 86.8 Å². The van der Waals surface area contributed by atoms with E-state index < -0.39 is 70.8 Å². The fraction of sp³-hybridized carbons (Fsp3) is 0.407. The lowest BCUT2D eigenvalue weighted by molar-refractivity contribution is -0.145. The minimum Gasteiger partial charge on any atom is -0.461 e. The molecule has 0 spiro atoms. The molecule has 5 aromatic carbocycles. The Bertz CT molecular complexity index is 3260. The highest BCUT2D eigenvalue weighted by Gasteiger charge is 2.49. The van der Waals surface area contributed by atoms with Crippen LogP contribution in [-0.2, 0) is 40.7 Å². The number of piperazine rings is 2. The number of sulfone groups is 1. The molecular weight excluding hydrogens is 1130 g/mol. The zero-order valence-corrected chi connectivity index (χ0v) is 48.9. The van der Waals surface area contributed by atoms with Crippen LogP contribution >= 0.6 is 23.4 Å². The van der Waals surface area contributed by atoms with Crippen LogP contribution in [0.4, 0.5) is 29.3 Å².